The second-order valence-corrected chi connectivity index (χ2v) is 5.91. The molecule has 114 valence electrons. The summed E-state index contributed by atoms with van der Waals surface area (Å²) in [6.45, 7) is 6.32. The summed E-state index contributed by atoms with van der Waals surface area (Å²) in [5.74, 6) is -0.00778. The Morgan fingerprint density at radius 3 is 2.67 bits per heavy atom. The van der Waals surface area contributed by atoms with Crippen LogP contribution < -0.4 is 0 Å². The number of aliphatic hydroxyl groups is 1. The van der Waals surface area contributed by atoms with Crippen molar-refractivity contribution in [1.82, 2.24) is 9.55 Å². The number of carbonyl (C=O) groups is 1. The van der Waals surface area contributed by atoms with Gasteiger partial charge in [0.25, 0.3) is 0 Å². The number of aromatic carboxylic acids is 1. The van der Waals surface area contributed by atoms with Gasteiger partial charge in [-0.1, -0.05) is 6.92 Å². The Hall–Kier alpha value is -1.88. The van der Waals surface area contributed by atoms with E-state index in [-0.39, 0.29) is 17.7 Å². The largest absolute Gasteiger partial charge is 0.478 e. The van der Waals surface area contributed by atoms with Crippen LogP contribution in [0.2, 0.25) is 0 Å². The first-order valence-electron chi connectivity index (χ1n) is 7.26. The maximum absolute atomic E-state index is 11.1. The predicted octanol–water partition coefficient (Wildman–Crippen LogP) is 2.80. The lowest BCUT2D eigenvalue weighted by Gasteiger charge is -2.29. The molecule has 1 heterocycles. The molecule has 5 heteroatoms. The van der Waals surface area contributed by atoms with E-state index in [1.54, 1.807) is 12.1 Å². The van der Waals surface area contributed by atoms with Gasteiger partial charge in [0.2, 0.25) is 0 Å². The fourth-order valence-corrected chi connectivity index (χ4v) is 2.72. The van der Waals surface area contributed by atoms with Crippen LogP contribution in [0.25, 0.3) is 11.0 Å². The van der Waals surface area contributed by atoms with Crippen LogP contribution in [-0.4, -0.2) is 32.3 Å². The first-order valence-corrected chi connectivity index (χ1v) is 7.26. The van der Waals surface area contributed by atoms with Gasteiger partial charge in [-0.15, -0.1) is 0 Å². The number of hydrogen-bond donors (Lipinski definition) is 2. The molecule has 0 radical (unpaired) electrons. The Morgan fingerprint density at radius 1 is 1.38 bits per heavy atom. The quantitative estimate of drug-likeness (QED) is 0.857. The number of carboxylic acids is 1. The normalized spacial score (nSPS) is 12.0. The zero-order chi connectivity index (χ0) is 15.6. The fourth-order valence-electron chi connectivity index (χ4n) is 2.72. The van der Waals surface area contributed by atoms with Crippen molar-refractivity contribution in [2.24, 2.45) is 0 Å². The lowest BCUT2D eigenvalue weighted by molar-refractivity contribution is 0.0697. The van der Waals surface area contributed by atoms with Crippen LogP contribution in [0.1, 0.15) is 49.8 Å². The standard InChI is InChI=1S/C16H22N2O3/c1-4-5-14-17-12-10-11(15(20)21)6-7-13(12)18(14)16(2,3)8-9-19/h6-7,10,19H,4-5,8-9H2,1-3H3,(H,20,21). The summed E-state index contributed by atoms with van der Waals surface area (Å²) in [5, 5.41) is 18.4. The molecule has 0 fully saturated rings. The van der Waals surface area contributed by atoms with E-state index < -0.39 is 5.97 Å². The average Bonchev–Trinajstić information content (AvgIpc) is 2.76. The van der Waals surface area contributed by atoms with Crippen molar-refractivity contribution in [3.05, 3.63) is 29.6 Å². The van der Waals surface area contributed by atoms with E-state index in [1.807, 2.05) is 6.07 Å². The van der Waals surface area contributed by atoms with E-state index in [4.69, 9.17) is 5.11 Å². The van der Waals surface area contributed by atoms with Crippen LogP contribution in [0.15, 0.2) is 18.2 Å². The highest BCUT2D eigenvalue weighted by Crippen LogP contribution is 2.29. The van der Waals surface area contributed by atoms with Crippen LogP contribution in [-0.2, 0) is 12.0 Å². The zero-order valence-electron chi connectivity index (χ0n) is 12.8. The minimum atomic E-state index is -0.946. The molecule has 0 atom stereocenters. The highest BCUT2D eigenvalue weighted by Gasteiger charge is 2.25. The number of aliphatic hydroxyl groups excluding tert-OH is 1. The first-order chi connectivity index (χ1) is 9.90. The summed E-state index contributed by atoms with van der Waals surface area (Å²) < 4.78 is 2.13. The second kappa shape index (κ2) is 5.85. The Kier molecular flexibility index (Phi) is 4.32. The van der Waals surface area contributed by atoms with Crippen molar-refractivity contribution >= 4 is 17.0 Å². The van der Waals surface area contributed by atoms with Crippen LogP contribution in [0, 0.1) is 0 Å². The monoisotopic (exact) mass is 290 g/mol. The van der Waals surface area contributed by atoms with Gasteiger partial charge in [0.05, 0.1) is 16.6 Å². The summed E-state index contributed by atoms with van der Waals surface area (Å²) in [5.41, 5.74) is 1.60. The first kappa shape index (κ1) is 15.5. The molecule has 0 unspecified atom stereocenters. The molecule has 0 aliphatic heterocycles. The van der Waals surface area contributed by atoms with E-state index in [9.17, 15) is 9.90 Å². The molecule has 0 aliphatic rings. The van der Waals surface area contributed by atoms with Gasteiger partial charge in [-0.3, -0.25) is 0 Å². The van der Waals surface area contributed by atoms with E-state index in [0.717, 1.165) is 24.2 Å². The Balaban J connectivity index is 2.65. The minimum absolute atomic E-state index is 0.103. The molecule has 5 nitrogen and oxygen atoms in total. The zero-order valence-corrected chi connectivity index (χ0v) is 12.8. The van der Waals surface area contributed by atoms with Gasteiger partial charge < -0.3 is 14.8 Å². The molecule has 1 aromatic heterocycles. The van der Waals surface area contributed by atoms with Crippen molar-refractivity contribution in [2.45, 2.75) is 45.6 Å². The van der Waals surface area contributed by atoms with Gasteiger partial charge in [-0.25, -0.2) is 9.78 Å². The van der Waals surface area contributed by atoms with Crippen molar-refractivity contribution in [2.75, 3.05) is 6.61 Å². The number of hydrogen-bond acceptors (Lipinski definition) is 3. The van der Waals surface area contributed by atoms with E-state index in [0.29, 0.717) is 11.9 Å². The molecule has 0 saturated carbocycles. The second-order valence-electron chi connectivity index (χ2n) is 5.91. The smallest absolute Gasteiger partial charge is 0.335 e. The Morgan fingerprint density at radius 2 is 2.10 bits per heavy atom. The van der Waals surface area contributed by atoms with Gasteiger partial charge in [0.15, 0.2) is 0 Å². The molecule has 0 spiro atoms. The highest BCUT2D eigenvalue weighted by atomic mass is 16.4. The fraction of sp³-hybridized carbons (Fsp3) is 0.500. The lowest BCUT2D eigenvalue weighted by Crippen LogP contribution is -2.29. The maximum atomic E-state index is 11.1. The number of aryl methyl sites for hydroxylation is 1. The molecular formula is C16H22N2O3. The predicted molar refractivity (Wildman–Crippen MR) is 81.7 cm³/mol. The highest BCUT2D eigenvalue weighted by molar-refractivity contribution is 5.92. The Labute approximate surface area is 124 Å². The van der Waals surface area contributed by atoms with E-state index >= 15 is 0 Å². The summed E-state index contributed by atoms with van der Waals surface area (Å²) in [6.07, 6.45) is 2.41. The molecule has 0 bridgehead atoms. The lowest BCUT2D eigenvalue weighted by atomic mass is 9.99. The Bertz CT molecular complexity index is 659. The van der Waals surface area contributed by atoms with Crippen molar-refractivity contribution in [3.63, 3.8) is 0 Å². The van der Waals surface area contributed by atoms with Crippen molar-refractivity contribution in [3.8, 4) is 0 Å². The summed E-state index contributed by atoms with van der Waals surface area (Å²) in [4.78, 5) is 15.7. The van der Waals surface area contributed by atoms with Gasteiger partial charge in [-0.2, -0.15) is 0 Å². The van der Waals surface area contributed by atoms with Gasteiger partial charge in [0.1, 0.15) is 5.82 Å². The summed E-state index contributed by atoms with van der Waals surface area (Å²) in [7, 11) is 0. The number of aromatic nitrogens is 2. The number of rotatable bonds is 6. The SMILES string of the molecule is CCCc1nc2cc(C(=O)O)ccc2n1C(C)(C)CCO. The van der Waals surface area contributed by atoms with E-state index in [1.165, 1.54) is 0 Å². The number of carboxylic acid groups (broad SMARTS) is 1. The molecule has 2 aromatic rings. The van der Waals surface area contributed by atoms with Crippen LogP contribution in [0.3, 0.4) is 0 Å². The molecule has 21 heavy (non-hydrogen) atoms. The van der Waals surface area contributed by atoms with Gasteiger partial charge >= 0.3 is 5.97 Å². The third-order valence-electron chi connectivity index (χ3n) is 3.77. The number of nitrogens with zero attached hydrogens (tertiary/aromatic N) is 2. The van der Waals surface area contributed by atoms with Crippen LogP contribution in [0.5, 0.6) is 0 Å². The van der Waals surface area contributed by atoms with Gasteiger partial charge in [0, 0.05) is 18.6 Å². The molecule has 0 amide bonds. The molecule has 2 N–H and O–H groups in total. The maximum Gasteiger partial charge on any atom is 0.335 e. The molecule has 2 rings (SSSR count). The number of fused-ring (bicyclic) bond motifs is 1. The third kappa shape index (κ3) is 2.93. The summed E-state index contributed by atoms with van der Waals surface area (Å²) >= 11 is 0. The van der Waals surface area contributed by atoms with Crippen LogP contribution in [0.4, 0.5) is 0 Å². The molecule has 0 aliphatic carbocycles. The molecular weight excluding hydrogens is 268 g/mol. The molecule has 0 saturated heterocycles. The molecule has 1 aromatic carbocycles. The van der Waals surface area contributed by atoms with Crippen molar-refractivity contribution in [1.29, 1.82) is 0 Å². The number of benzene rings is 1. The van der Waals surface area contributed by atoms with Crippen molar-refractivity contribution < 1.29 is 15.0 Å². The summed E-state index contributed by atoms with van der Waals surface area (Å²) in [6, 6.07) is 5.03. The van der Waals surface area contributed by atoms with Crippen LogP contribution >= 0.6 is 0 Å². The minimum Gasteiger partial charge on any atom is -0.478 e. The van der Waals surface area contributed by atoms with E-state index in [2.05, 4.69) is 30.3 Å². The number of imidazole rings is 1. The third-order valence-corrected chi connectivity index (χ3v) is 3.77. The topological polar surface area (TPSA) is 75.3 Å². The average molecular weight is 290 g/mol. The van der Waals surface area contributed by atoms with Gasteiger partial charge in [-0.05, 0) is 44.9 Å².